The minimum absolute atomic E-state index is 0.00682. The lowest BCUT2D eigenvalue weighted by molar-refractivity contribution is -0.127. The highest BCUT2D eigenvalue weighted by atomic mass is 16.5. The Bertz CT molecular complexity index is 843. The van der Waals surface area contributed by atoms with Crippen molar-refractivity contribution in [3.8, 4) is 0 Å². The van der Waals surface area contributed by atoms with Crippen molar-refractivity contribution < 1.29 is 14.1 Å². The number of benzene rings is 1. The quantitative estimate of drug-likeness (QED) is 0.801. The van der Waals surface area contributed by atoms with Crippen LogP contribution in [-0.2, 0) is 11.3 Å². The number of piperazine rings is 1. The number of rotatable bonds is 5. The van der Waals surface area contributed by atoms with Crippen molar-refractivity contribution >= 4 is 17.9 Å². The predicted octanol–water partition coefficient (Wildman–Crippen LogP) is 2.01. The number of aromatic nitrogens is 1. The van der Waals surface area contributed by atoms with Gasteiger partial charge in [-0.25, -0.2) is 0 Å². The molecule has 0 spiro atoms. The van der Waals surface area contributed by atoms with Crippen molar-refractivity contribution in [3.05, 3.63) is 58.5 Å². The van der Waals surface area contributed by atoms with Crippen LogP contribution in [0.1, 0.15) is 32.9 Å². The van der Waals surface area contributed by atoms with Crippen molar-refractivity contribution in [3.63, 3.8) is 0 Å². The minimum atomic E-state index is -0.124. The number of hydrogen-bond donors (Lipinski definition) is 1. The summed E-state index contributed by atoms with van der Waals surface area (Å²) >= 11 is 0. The molecule has 0 unspecified atom stereocenters. The second-order valence-electron chi connectivity index (χ2n) is 6.94. The van der Waals surface area contributed by atoms with Crippen LogP contribution in [-0.4, -0.2) is 60.0 Å². The topological polar surface area (TPSA) is 78.7 Å². The molecule has 1 aromatic heterocycles. The third kappa shape index (κ3) is 4.67. The summed E-state index contributed by atoms with van der Waals surface area (Å²) in [6, 6.07) is 7.15. The number of hydrogen-bond acceptors (Lipinski definition) is 5. The second-order valence-corrected chi connectivity index (χ2v) is 6.94. The molecule has 2 amide bonds. The Morgan fingerprint density at radius 1 is 1.14 bits per heavy atom. The smallest absolute Gasteiger partial charge is 0.251 e. The number of aryl methyl sites for hydroxylation is 2. The normalized spacial score (nSPS) is 15.2. The third-order valence-electron chi connectivity index (χ3n) is 5.07. The second kappa shape index (κ2) is 8.84. The summed E-state index contributed by atoms with van der Waals surface area (Å²) in [5, 5.41) is 6.59. The lowest BCUT2D eigenvalue weighted by Crippen LogP contribution is -2.47. The zero-order valence-corrected chi connectivity index (χ0v) is 16.6. The van der Waals surface area contributed by atoms with E-state index in [9.17, 15) is 9.59 Å². The van der Waals surface area contributed by atoms with Crippen molar-refractivity contribution in [2.45, 2.75) is 20.4 Å². The highest BCUT2D eigenvalue weighted by Crippen LogP contribution is 2.16. The first-order valence-electron chi connectivity index (χ1n) is 9.41. The van der Waals surface area contributed by atoms with Gasteiger partial charge in [-0.1, -0.05) is 17.3 Å². The van der Waals surface area contributed by atoms with Gasteiger partial charge in [-0.15, -0.1) is 0 Å². The molecular formula is C21H26N4O3. The van der Waals surface area contributed by atoms with Gasteiger partial charge in [0, 0.05) is 57.0 Å². The lowest BCUT2D eigenvalue weighted by Gasteiger charge is -2.34. The molecular weight excluding hydrogens is 356 g/mol. The Kier molecular flexibility index (Phi) is 6.26. The van der Waals surface area contributed by atoms with E-state index < -0.39 is 0 Å². The fourth-order valence-electron chi connectivity index (χ4n) is 3.24. The molecule has 0 saturated carbocycles. The van der Waals surface area contributed by atoms with E-state index in [0.29, 0.717) is 18.7 Å². The maximum absolute atomic E-state index is 12.5. The molecule has 3 rings (SSSR count). The molecule has 0 aliphatic carbocycles. The molecule has 7 nitrogen and oxygen atoms in total. The minimum Gasteiger partial charge on any atom is -0.361 e. The van der Waals surface area contributed by atoms with E-state index in [2.05, 4.69) is 15.4 Å². The molecule has 0 bridgehead atoms. The van der Waals surface area contributed by atoms with Crippen LogP contribution in [0.5, 0.6) is 0 Å². The average molecular weight is 382 g/mol. The largest absolute Gasteiger partial charge is 0.361 e. The van der Waals surface area contributed by atoms with E-state index in [1.54, 1.807) is 31.3 Å². The van der Waals surface area contributed by atoms with E-state index in [1.165, 1.54) is 0 Å². The highest BCUT2D eigenvalue weighted by Gasteiger charge is 2.21. The van der Waals surface area contributed by atoms with Crippen molar-refractivity contribution in [2.75, 3.05) is 33.2 Å². The van der Waals surface area contributed by atoms with E-state index >= 15 is 0 Å². The Labute approximate surface area is 165 Å². The van der Waals surface area contributed by atoms with Gasteiger partial charge in [0.05, 0.1) is 5.69 Å². The summed E-state index contributed by atoms with van der Waals surface area (Å²) in [5.41, 5.74) is 3.56. The number of carbonyl (C=O) groups is 2. The first-order valence-corrected chi connectivity index (χ1v) is 9.41. The highest BCUT2D eigenvalue weighted by molar-refractivity contribution is 5.94. The van der Waals surface area contributed by atoms with Gasteiger partial charge in [0.25, 0.3) is 5.91 Å². The molecule has 0 radical (unpaired) electrons. The van der Waals surface area contributed by atoms with Gasteiger partial charge in [0.2, 0.25) is 5.91 Å². The monoisotopic (exact) mass is 382 g/mol. The standard InChI is InChI=1S/C21H26N4O3/c1-15-19(16(2)28-23-15)14-24-10-12-25(13-11-24)20(26)9-6-17-4-7-18(8-5-17)21(27)22-3/h4-9H,10-14H2,1-3H3,(H,22,27). The van der Waals surface area contributed by atoms with Gasteiger partial charge in [-0.05, 0) is 37.6 Å². The van der Waals surface area contributed by atoms with Crippen LogP contribution in [0, 0.1) is 13.8 Å². The maximum atomic E-state index is 12.5. The zero-order chi connectivity index (χ0) is 20.1. The van der Waals surface area contributed by atoms with Crippen LogP contribution in [0.3, 0.4) is 0 Å². The lowest BCUT2D eigenvalue weighted by atomic mass is 10.1. The Hall–Kier alpha value is -2.93. The fraction of sp³-hybridized carbons (Fsp3) is 0.381. The van der Waals surface area contributed by atoms with Crippen LogP contribution < -0.4 is 5.32 Å². The van der Waals surface area contributed by atoms with Gasteiger partial charge in [0.1, 0.15) is 5.76 Å². The Morgan fingerprint density at radius 2 is 1.82 bits per heavy atom. The zero-order valence-electron chi connectivity index (χ0n) is 16.6. The van der Waals surface area contributed by atoms with E-state index in [-0.39, 0.29) is 11.8 Å². The molecule has 28 heavy (non-hydrogen) atoms. The van der Waals surface area contributed by atoms with Gasteiger partial charge in [-0.2, -0.15) is 0 Å². The van der Waals surface area contributed by atoms with E-state index in [1.807, 2.05) is 30.9 Å². The van der Waals surface area contributed by atoms with Crippen LogP contribution >= 0.6 is 0 Å². The van der Waals surface area contributed by atoms with Gasteiger partial charge in [0.15, 0.2) is 0 Å². The van der Waals surface area contributed by atoms with E-state index in [0.717, 1.165) is 42.2 Å². The van der Waals surface area contributed by atoms with Gasteiger partial charge in [-0.3, -0.25) is 14.5 Å². The summed E-state index contributed by atoms with van der Waals surface area (Å²) in [4.78, 5) is 28.2. The molecule has 1 aromatic carbocycles. The van der Waals surface area contributed by atoms with Gasteiger partial charge < -0.3 is 14.7 Å². The molecule has 148 valence electrons. The fourth-order valence-corrected chi connectivity index (χ4v) is 3.24. The molecule has 1 saturated heterocycles. The third-order valence-corrected chi connectivity index (χ3v) is 5.07. The summed E-state index contributed by atoms with van der Waals surface area (Å²) in [6.07, 6.45) is 3.38. The number of amides is 2. The van der Waals surface area contributed by atoms with Crippen molar-refractivity contribution in [2.24, 2.45) is 0 Å². The maximum Gasteiger partial charge on any atom is 0.251 e. The summed E-state index contributed by atoms with van der Waals surface area (Å²) in [6.45, 7) is 7.73. The predicted molar refractivity (Wildman–Crippen MR) is 107 cm³/mol. The van der Waals surface area contributed by atoms with Crippen molar-refractivity contribution in [1.82, 2.24) is 20.3 Å². The average Bonchev–Trinajstić information content (AvgIpc) is 3.04. The summed E-state index contributed by atoms with van der Waals surface area (Å²) in [5.74, 6) is 0.745. The van der Waals surface area contributed by atoms with Crippen molar-refractivity contribution in [1.29, 1.82) is 0 Å². The van der Waals surface area contributed by atoms with Crippen LogP contribution in [0.2, 0.25) is 0 Å². The number of nitrogens with zero attached hydrogens (tertiary/aromatic N) is 3. The van der Waals surface area contributed by atoms with Crippen LogP contribution in [0.4, 0.5) is 0 Å². The molecule has 1 aliphatic heterocycles. The molecule has 0 atom stereocenters. The Morgan fingerprint density at radius 3 is 2.39 bits per heavy atom. The molecule has 1 aliphatic rings. The first kappa shape index (κ1) is 19.8. The molecule has 2 heterocycles. The summed E-state index contributed by atoms with van der Waals surface area (Å²) in [7, 11) is 1.60. The SMILES string of the molecule is CNC(=O)c1ccc(C=CC(=O)N2CCN(Cc3c(C)noc3C)CC2)cc1. The molecule has 7 heteroatoms. The number of nitrogens with one attached hydrogen (secondary N) is 1. The van der Waals surface area contributed by atoms with Crippen LogP contribution in [0.25, 0.3) is 6.08 Å². The Balaban J connectivity index is 1.51. The van der Waals surface area contributed by atoms with Gasteiger partial charge >= 0.3 is 0 Å². The molecule has 1 fully saturated rings. The molecule has 1 N–H and O–H groups in total. The first-order chi connectivity index (χ1) is 13.5. The summed E-state index contributed by atoms with van der Waals surface area (Å²) < 4.78 is 5.22. The van der Waals surface area contributed by atoms with Crippen LogP contribution in [0.15, 0.2) is 34.9 Å². The van der Waals surface area contributed by atoms with E-state index in [4.69, 9.17) is 4.52 Å². The molecule has 2 aromatic rings. The number of carbonyl (C=O) groups excluding carboxylic acids is 2.